The third-order valence-corrected chi connectivity index (χ3v) is 6.53. The van der Waals surface area contributed by atoms with Gasteiger partial charge < -0.3 is 24.3 Å². The van der Waals surface area contributed by atoms with Crippen molar-refractivity contribution in [2.75, 3.05) is 25.6 Å². The Bertz CT molecular complexity index is 1100. The summed E-state index contributed by atoms with van der Waals surface area (Å²) < 4.78 is 24.2. The van der Waals surface area contributed by atoms with E-state index < -0.39 is 0 Å². The van der Waals surface area contributed by atoms with Crippen LogP contribution in [0.3, 0.4) is 0 Å². The third-order valence-electron chi connectivity index (χ3n) is 5.30. The molecule has 2 saturated heterocycles. The first-order valence-corrected chi connectivity index (χ1v) is 10.7. The fourth-order valence-corrected chi connectivity index (χ4v) is 4.25. The number of benzene rings is 2. The van der Waals surface area contributed by atoms with Crippen LogP contribution in [0.15, 0.2) is 41.1 Å². The van der Waals surface area contributed by atoms with E-state index in [1.165, 1.54) is 6.33 Å². The van der Waals surface area contributed by atoms with Gasteiger partial charge in [-0.2, -0.15) is 0 Å². The number of halogens is 2. The standard InChI is InChI=1S/C21H19BrClN3O4/c1-27-17-7-12-15(8-18(17)30-19-9-29-16-4-5-28-20(16)19)24-10-25-21(12)26-11-2-3-13(22)14(23)6-11/h2-3,6-8,10,16,19-20H,4-5,9H2,1H3,(H,24,25,26)/t16?,19-,20?/m1/s1. The van der Waals surface area contributed by atoms with Gasteiger partial charge >= 0.3 is 0 Å². The lowest BCUT2D eigenvalue weighted by atomic mass is 10.1. The van der Waals surface area contributed by atoms with Crippen LogP contribution in [0.2, 0.25) is 5.02 Å². The van der Waals surface area contributed by atoms with Crippen LogP contribution in [0.4, 0.5) is 11.5 Å². The molecule has 1 N–H and O–H groups in total. The minimum absolute atomic E-state index is 0.0461. The molecule has 5 rings (SSSR count). The Hall–Kier alpha value is -2.13. The van der Waals surface area contributed by atoms with Gasteiger partial charge in [0.15, 0.2) is 17.6 Å². The number of nitrogens with one attached hydrogen (secondary N) is 1. The van der Waals surface area contributed by atoms with Crippen LogP contribution >= 0.6 is 27.5 Å². The van der Waals surface area contributed by atoms with Crippen LogP contribution in [-0.2, 0) is 9.47 Å². The smallest absolute Gasteiger partial charge is 0.164 e. The second-order valence-corrected chi connectivity index (χ2v) is 8.41. The number of hydrogen-bond donors (Lipinski definition) is 1. The van der Waals surface area contributed by atoms with Gasteiger partial charge in [0, 0.05) is 28.2 Å². The van der Waals surface area contributed by atoms with Gasteiger partial charge in [-0.1, -0.05) is 11.6 Å². The van der Waals surface area contributed by atoms with Crippen LogP contribution in [0.1, 0.15) is 6.42 Å². The van der Waals surface area contributed by atoms with E-state index in [2.05, 4.69) is 31.2 Å². The molecule has 30 heavy (non-hydrogen) atoms. The van der Waals surface area contributed by atoms with Crippen LogP contribution in [0, 0.1) is 0 Å². The minimum Gasteiger partial charge on any atom is -0.493 e. The predicted octanol–water partition coefficient (Wildman–Crippen LogP) is 4.73. The van der Waals surface area contributed by atoms with E-state index in [1.807, 2.05) is 30.3 Å². The molecule has 0 amide bonds. The van der Waals surface area contributed by atoms with E-state index in [1.54, 1.807) is 7.11 Å². The maximum absolute atomic E-state index is 6.23. The van der Waals surface area contributed by atoms with Crippen molar-refractivity contribution in [3.63, 3.8) is 0 Å². The average molecular weight is 493 g/mol. The molecular weight excluding hydrogens is 474 g/mol. The van der Waals surface area contributed by atoms with Crippen molar-refractivity contribution in [1.29, 1.82) is 0 Å². The number of anilines is 2. The van der Waals surface area contributed by atoms with Crippen molar-refractivity contribution in [3.8, 4) is 11.5 Å². The summed E-state index contributed by atoms with van der Waals surface area (Å²) >= 11 is 9.61. The Morgan fingerprint density at radius 1 is 1.17 bits per heavy atom. The maximum Gasteiger partial charge on any atom is 0.164 e. The molecule has 2 aromatic carbocycles. The first-order chi connectivity index (χ1) is 14.6. The van der Waals surface area contributed by atoms with Crippen molar-refractivity contribution < 1.29 is 18.9 Å². The molecule has 2 aliphatic rings. The number of hydrogen-bond acceptors (Lipinski definition) is 7. The molecule has 0 radical (unpaired) electrons. The highest BCUT2D eigenvalue weighted by molar-refractivity contribution is 9.10. The third kappa shape index (κ3) is 3.69. The molecule has 0 bridgehead atoms. The summed E-state index contributed by atoms with van der Waals surface area (Å²) in [5.74, 6) is 1.84. The van der Waals surface area contributed by atoms with Crippen molar-refractivity contribution in [3.05, 3.63) is 46.2 Å². The second kappa shape index (κ2) is 8.19. The Kier molecular flexibility index (Phi) is 5.41. The number of nitrogens with zero attached hydrogens (tertiary/aromatic N) is 2. The van der Waals surface area contributed by atoms with E-state index in [0.717, 1.165) is 27.5 Å². The SMILES string of the molecule is COc1cc2c(Nc3ccc(Br)c(Cl)c3)ncnc2cc1O[C@@H]1COC2CCOC21. The fraction of sp³-hybridized carbons (Fsp3) is 0.333. The van der Waals surface area contributed by atoms with Gasteiger partial charge in [0.2, 0.25) is 0 Å². The van der Waals surface area contributed by atoms with Gasteiger partial charge in [-0.25, -0.2) is 9.97 Å². The van der Waals surface area contributed by atoms with Crippen molar-refractivity contribution >= 4 is 49.9 Å². The zero-order chi connectivity index (χ0) is 20.7. The summed E-state index contributed by atoms with van der Waals surface area (Å²) in [6.45, 7) is 1.20. The van der Waals surface area contributed by atoms with Crippen LogP contribution in [0.25, 0.3) is 10.9 Å². The molecule has 7 nitrogen and oxygen atoms in total. The zero-order valence-electron chi connectivity index (χ0n) is 16.1. The largest absolute Gasteiger partial charge is 0.493 e. The first-order valence-electron chi connectivity index (χ1n) is 9.57. The van der Waals surface area contributed by atoms with Gasteiger partial charge in [-0.3, -0.25) is 0 Å². The lowest BCUT2D eigenvalue weighted by molar-refractivity contribution is 0.0298. The van der Waals surface area contributed by atoms with Crippen LogP contribution < -0.4 is 14.8 Å². The molecule has 3 aromatic rings. The summed E-state index contributed by atoms with van der Waals surface area (Å²) in [5, 5.41) is 4.71. The number of fused-ring (bicyclic) bond motifs is 2. The minimum atomic E-state index is -0.173. The number of ether oxygens (including phenoxy) is 4. The van der Waals surface area contributed by atoms with Gasteiger partial charge in [-0.05, 0) is 46.6 Å². The fourth-order valence-electron chi connectivity index (χ4n) is 3.82. The summed E-state index contributed by atoms with van der Waals surface area (Å²) in [7, 11) is 1.61. The quantitative estimate of drug-likeness (QED) is 0.552. The summed E-state index contributed by atoms with van der Waals surface area (Å²) in [5.41, 5.74) is 1.55. The lowest BCUT2D eigenvalue weighted by Gasteiger charge is -2.20. The van der Waals surface area contributed by atoms with E-state index >= 15 is 0 Å². The van der Waals surface area contributed by atoms with Crippen molar-refractivity contribution in [2.45, 2.75) is 24.7 Å². The van der Waals surface area contributed by atoms with Gasteiger partial charge in [0.25, 0.3) is 0 Å². The number of methoxy groups -OCH3 is 1. The summed E-state index contributed by atoms with van der Waals surface area (Å²) in [6, 6.07) is 9.35. The highest BCUT2D eigenvalue weighted by Gasteiger charge is 2.43. The van der Waals surface area contributed by atoms with Crippen molar-refractivity contribution in [2.24, 2.45) is 0 Å². The monoisotopic (exact) mass is 491 g/mol. The summed E-state index contributed by atoms with van der Waals surface area (Å²) in [4.78, 5) is 8.80. The zero-order valence-corrected chi connectivity index (χ0v) is 18.4. The van der Waals surface area contributed by atoms with Gasteiger partial charge in [0.1, 0.15) is 18.2 Å². The normalized spacial score (nSPS) is 22.8. The molecule has 9 heteroatoms. The van der Waals surface area contributed by atoms with E-state index in [0.29, 0.717) is 35.6 Å². The molecule has 0 aliphatic carbocycles. The molecule has 2 aliphatic heterocycles. The average Bonchev–Trinajstić information content (AvgIpc) is 3.36. The lowest BCUT2D eigenvalue weighted by Crippen LogP contribution is -2.32. The molecule has 3 atom stereocenters. The Morgan fingerprint density at radius 3 is 2.90 bits per heavy atom. The molecule has 2 fully saturated rings. The Morgan fingerprint density at radius 2 is 2.07 bits per heavy atom. The molecule has 156 valence electrons. The van der Waals surface area contributed by atoms with E-state index in [4.69, 9.17) is 30.5 Å². The molecule has 1 aromatic heterocycles. The summed E-state index contributed by atoms with van der Waals surface area (Å²) in [6.07, 6.45) is 2.30. The molecular formula is C21H19BrClN3O4. The van der Waals surface area contributed by atoms with Crippen LogP contribution in [-0.4, -0.2) is 48.6 Å². The topological polar surface area (TPSA) is 74.7 Å². The Labute approximate surface area is 186 Å². The molecule has 2 unspecified atom stereocenters. The first kappa shape index (κ1) is 19.8. The van der Waals surface area contributed by atoms with Gasteiger partial charge in [0.05, 0.1) is 30.4 Å². The highest BCUT2D eigenvalue weighted by atomic mass is 79.9. The Balaban J connectivity index is 1.47. The molecule has 0 spiro atoms. The van der Waals surface area contributed by atoms with E-state index in [-0.39, 0.29) is 18.3 Å². The molecule has 0 saturated carbocycles. The molecule has 3 heterocycles. The highest BCUT2D eigenvalue weighted by Crippen LogP contribution is 2.38. The van der Waals surface area contributed by atoms with E-state index in [9.17, 15) is 0 Å². The number of aromatic nitrogens is 2. The predicted molar refractivity (Wildman–Crippen MR) is 117 cm³/mol. The van der Waals surface area contributed by atoms with Crippen LogP contribution in [0.5, 0.6) is 11.5 Å². The number of rotatable bonds is 5. The maximum atomic E-state index is 6.23. The van der Waals surface area contributed by atoms with Crippen molar-refractivity contribution in [1.82, 2.24) is 9.97 Å². The second-order valence-electron chi connectivity index (χ2n) is 7.15. The van der Waals surface area contributed by atoms with Gasteiger partial charge in [-0.15, -0.1) is 0 Å².